The van der Waals surface area contributed by atoms with Crippen molar-refractivity contribution in [2.75, 3.05) is 13.1 Å². The second-order valence-corrected chi connectivity index (χ2v) is 8.33. The molecule has 1 fully saturated rings. The fraction of sp³-hybridized carbons (Fsp3) is 0.438. The fourth-order valence-electron chi connectivity index (χ4n) is 2.91. The Morgan fingerprint density at radius 3 is 2.71 bits per heavy atom. The van der Waals surface area contributed by atoms with Gasteiger partial charge in [0.1, 0.15) is 6.04 Å². The molecule has 1 aliphatic rings. The van der Waals surface area contributed by atoms with Crippen LogP contribution in [-0.4, -0.2) is 45.4 Å². The van der Waals surface area contributed by atoms with E-state index in [1.807, 2.05) is 23.5 Å². The first-order chi connectivity index (χ1) is 11.5. The lowest BCUT2D eigenvalue weighted by Crippen LogP contribution is -2.49. The molecule has 0 aliphatic carbocycles. The van der Waals surface area contributed by atoms with Crippen LogP contribution in [0, 0.1) is 0 Å². The van der Waals surface area contributed by atoms with Crippen molar-refractivity contribution < 1.29 is 9.59 Å². The number of amides is 2. The molecule has 0 aromatic carbocycles. The number of carbonyl (C=O) groups is 2. The highest BCUT2D eigenvalue weighted by Gasteiger charge is 2.27. The molecule has 2 amide bonds. The van der Waals surface area contributed by atoms with Crippen LogP contribution in [0.2, 0.25) is 0 Å². The number of halogens is 1. The maximum atomic E-state index is 12.5. The lowest BCUT2D eigenvalue weighted by molar-refractivity contribution is -0.134. The molecule has 0 saturated carbocycles. The van der Waals surface area contributed by atoms with Crippen LogP contribution in [0.4, 0.5) is 0 Å². The third kappa shape index (κ3) is 3.87. The number of piperidine rings is 1. The Labute approximate surface area is 153 Å². The summed E-state index contributed by atoms with van der Waals surface area (Å²) in [5.41, 5.74) is 0. The van der Waals surface area contributed by atoms with Crippen LogP contribution in [0.5, 0.6) is 0 Å². The second-order valence-electron chi connectivity index (χ2n) is 5.87. The van der Waals surface area contributed by atoms with Gasteiger partial charge >= 0.3 is 0 Å². The van der Waals surface area contributed by atoms with Gasteiger partial charge in [-0.1, -0.05) is 0 Å². The third-order valence-corrected chi connectivity index (χ3v) is 5.86. The van der Waals surface area contributed by atoms with Crippen LogP contribution in [0.3, 0.4) is 0 Å². The summed E-state index contributed by atoms with van der Waals surface area (Å²) < 4.78 is 3.00. The van der Waals surface area contributed by atoms with E-state index in [1.165, 1.54) is 11.3 Å². The van der Waals surface area contributed by atoms with Gasteiger partial charge in [0.2, 0.25) is 5.91 Å². The molecule has 0 spiro atoms. The molecule has 2 aromatic rings. The van der Waals surface area contributed by atoms with E-state index >= 15 is 0 Å². The summed E-state index contributed by atoms with van der Waals surface area (Å²) in [6.07, 6.45) is 7.37. The van der Waals surface area contributed by atoms with Crippen LogP contribution in [0.15, 0.2) is 34.6 Å². The van der Waals surface area contributed by atoms with E-state index < -0.39 is 6.04 Å². The van der Waals surface area contributed by atoms with Crippen LogP contribution in [0.25, 0.3) is 0 Å². The molecule has 6 nitrogen and oxygen atoms in total. The summed E-state index contributed by atoms with van der Waals surface area (Å²) >= 11 is 4.69. The minimum absolute atomic E-state index is 0.0250. The highest BCUT2D eigenvalue weighted by Crippen LogP contribution is 2.23. The maximum Gasteiger partial charge on any atom is 0.262 e. The molecule has 0 radical (unpaired) electrons. The van der Waals surface area contributed by atoms with Crippen molar-refractivity contribution in [2.24, 2.45) is 0 Å². The third-order valence-electron chi connectivity index (χ3n) is 4.24. The SMILES string of the molecule is CC(NC(=O)c1ccc(Br)s1)C(=O)N1CCC(n2ccnc2)CC1. The number of hydrogen-bond acceptors (Lipinski definition) is 4. The van der Waals surface area contributed by atoms with Crippen LogP contribution >= 0.6 is 27.3 Å². The van der Waals surface area contributed by atoms with Crippen LogP contribution in [-0.2, 0) is 4.79 Å². The predicted molar refractivity (Wildman–Crippen MR) is 96.0 cm³/mol. The van der Waals surface area contributed by atoms with Crippen molar-refractivity contribution in [3.63, 3.8) is 0 Å². The standard InChI is InChI=1S/C16H19BrN4O2S/c1-11(19-15(22)13-2-3-14(17)24-13)16(23)20-7-4-12(5-8-20)21-9-6-18-10-21/h2-3,6,9-12H,4-5,7-8H2,1H3,(H,19,22). The lowest BCUT2D eigenvalue weighted by Gasteiger charge is -2.34. The molecule has 0 bridgehead atoms. The fourth-order valence-corrected chi connectivity index (χ4v) is 4.20. The van der Waals surface area contributed by atoms with E-state index in [-0.39, 0.29) is 11.8 Å². The Morgan fingerprint density at radius 2 is 2.12 bits per heavy atom. The van der Waals surface area contributed by atoms with E-state index in [9.17, 15) is 9.59 Å². The molecule has 3 rings (SSSR count). The van der Waals surface area contributed by atoms with Crippen LogP contribution < -0.4 is 5.32 Å². The van der Waals surface area contributed by atoms with Crippen LogP contribution in [0.1, 0.15) is 35.5 Å². The normalized spacial score (nSPS) is 16.8. The second kappa shape index (κ2) is 7.48. The molecular formula is C16H19BrN4O2S. The summed E-state index contributed by atoms with van der Waals surface area (Å²) in [6, 6.07) is 3.44. The minimum atomic E-state index is -0.525. The number of nitrogens with zero attached hydrogens (tertiary/aromatic N) is 3. The van der Waals surface area contributed by atoms with Crippen molar-refractivity contribution in [1.29, 1.82) is 0 Å². The molecule has 1 unspecified atom stereocenters. The monoisotopic (exact) mass is 410 g/mol. The topological polar surface area (TPSA) is 67.2 Å². The van der Waals surface area contributed by atoms with Gasteiger partial charge in [-0.15, -0.1) is 11.3 Å². The van der Waals surface area contributed by atoms with Gasteiger partial charge < -0.3 is 14.8 Å². The highest BCUT2D eigenvalue weighted by atomic mass is 79.9. The molecule has 3 heterocycles. The van der Waals surface area contributed by atoms with Crippen molar-refractivity contribution >= 4 is 39.1 Å². The highest BCUT2D eigenvalue weighted by molar-refractivity contribution is 9.11. The van der Waals surface area contributed by atoms with E-state index in [1.54, 1.807) is 19.2 Å². The van der Waals surface area contributed by atoms with Gasteiger partial charge in [-0.25, -0.2) is 4.98 Å². The number of carbonyl (C=O) groups excluding carboxylic acids is 2. The first-order valence-corrected chi connectivity index (χ1v) is 9.48. The summed E-state index contributed by atoms with van der Waals surface area (Å²) in [5.74, 6) is -0.233. The molecular weight excluding hydrogens is 392 g/mol. The average Bonchev–Trinajstić information content (AvgIpc) is 3.26. The van der Waals surface area contributed by atoms with Gasteiger partial charge in [-0.3, -0.25) is 9.59 Å². The molecule has 1 atom stereocenters. The zero-order valence-corrected chi connectivity index (χ0v) is 15.7. The quantitative estimate of drug-likeness (QED) is 0.842. The van der Waals surface area contributed by atoms with Gasteiger partial charge in [0.05, 0.1) is 15.0 Å². The van der Waals surface area contributed by atoms with E-state index in [0.29, 0.717) is 24.0 Å². The molecule has 1 aliphatic heterocycles. The van der Waals surface area contributed by atoms with Gasteiger partial charge in [0, 0.05) is 31.5 Å². The zero-order chi connectivity index (χ0) is 17.1. The molecule has 1 saturated heterocycles. The van der Waals surface area contributed by atoms with Gasteiger partial charge in [-0.05, 0) is 47.8 Å². The number of imidazole rings is 1. The largest absolute Gasteiger partial charge is 0.341 e. The van der Waals surface area contributed by atoms with Gasteiger partial charge in [-0.2, -0.15) is 0 Å². The number of likely N-dealkylation sites (tertiary alicyclic amines) is 1. The summed E-state index contributed by atoms with van der Waals surface area (Å²) in [5, 5.41) is 2.79. The smallest absolute Gasteiger partial charge is 0.262 e. The molecule has 24 heavy (non-hydrogen) atoms. The summed E-state index contributed by atoms with van der Waals surface area (Å²) in [7, 11) is 0. The van der Waals surface area contributed by atoms with E-state index in [0.717, 1.165) is 16.6 Å². The Hall–Kier alpha value is -1.67. The van der Waals surface area contributed by atoms with Crippen molar-refractivity contribution in [2.45, 2.75) is 31.8 Å². The first kappa shape index (κ1) is 17.2. The number of hydrogen-bond donors (Lipinski definition) is 1. The lowest BCUT2D eigenvalue weighted by atomic mass is 10.0. The number of aromatic nitrogens is 2. The molecule has 2 aromatic heterocycles. The Bertz CT molecular complexity index is 707. The van der Waals surface area contributed by atoms with E-state index in [2.05, 4.69) is 30.8 Å². The molecule has 128 valence electrons. The number of rotatable bonds is 4. The summed E-state index contributed by atoms with van der Waals surface area (Å²) in [4.78, 5) is 31.2. The van der Waals surface area contributed by atoms with Gasteiger partial charge in [0.15, 0.2) is 0 Å². The van der Waals surface area contributed by atoms with Crippen molar-refractivity contribution in [3.8, 4) is 0 Å². The predicted octanol–water partition coefficient (Wildman–Crippen LogP) is 2.69. The number of nitrogens with one attached hydrogen (secondary N) is 1. The van der Waals surface area contributed by atoms with Gasteiger partial charge in [0.25, 0.3) is 5.91 Å². The minimum Gasteiger partial charge on any atom is -0.341 e. The summed E-state index contributed by atoms with van der Waals surface area (Å²) in [6.45, 7) is 3.14. The number of thiophene rings is 1. The van der Waals surface area contributed by atoms with E-state index in [4.69, 9.17) is 0 Å². The maximum absolute atomic E-state index is 12.5. The Balaban J connectivity index is 1.52. The zero-order valence-electron chi connectivity index (χ0n) is 13.3. The first-order valence-electron chi connectivity index (χ1n) is 7.87. The van der Waals surface area contributed by atoms with Crippen molar-refractivity contribution in [1.82, 2.24) is 19.8 Å². The Kier molecular flexibility index (Phi) is 5.35. The van der Waals surface area contributed by atoms with Crippen molar-refractivity contribution in [3.05, 3.63) is 39.5 Å². The Morgan fingerprint density at radius 1 is 1.38 bits per heavy atom. The molecule has 1 N–H and O–H groups in total. The average molecular weight is 411 g/mol. The molecule has 8 heteroatoms.